The topological polar surface area (TPSA) is 154 Å². The molecular formula is C48H65N2O10P. The molecule has 12 nitrogen and oxygen atoms in total. The third-order valence-corrected chi connectivity index (χ3v) is 12.5. The fraction of sp³-hybridized carbons (Fsp3) is 0.458. The van der Waals surface area contributed by atoms with Crippen molar-refractivity contribution < 1.29 is 56.7 Å². The van der Waals surface area contributed by atoms with Crippen molar-refractivity contribution >= 4 is 19.8 Å². The fourth-order valence-corrected chi connectivity index (χ4v) is 8.27. The molecule has 2 heterocycles. The van der Waals surface area contributed by atoms with Gasteiger partial charge in [-0.3, -0.25) is 9.59 Å². The monoisotopic (exact) mass is 860 g/mol. The number of hydrogen-bond acceptors (Lipinski definition) is 9. The van der Waals surface area contributed by atoms with Crippen LogP contribution in [0.1, 0.15) is 102 Å². The number of phosphoric acid groups is 1. The number of carbonyl (C=O) groups is 2. The zero-order valence-corrected chi connectivity index (χ0v) is 38.0. The molecule has 0 saturated carbocycles. The Labute approximate surface area is 362 Å². The SMILES string of the molecule is CCC(C[N+](CC)(CC)CC)OC(=O)C1c2ccccc2Oc2ccccc21.CCC(C[N+](CC)(CC)CC)OC(=O)C1c2ccccc2Oc2ccccc21.O=P([O-])([O-])O. The van der Waals surface area contributed by atoms with Crippen molar-refractivity contribution in [2.75, 3.05) is 52.4 Å². The molecule has 0 amide bonds. The van der Waals surface area contributed by atoms with Gasteiger partial charge in [-0.25, -0.2) is 0 Å². The summed E-state index contributed by atoms with van der Waals surface area (Å²) < 4.78 is 34.8. The van der Waals surface area contributed by atoms with Crippen LogP contribution in [0.4, 0.5) is 0 Å². The van der Waals surface area contributed by atoms with Crippen LogP contribution in [-0.2, 0) is 23.6 Å². The molecule has 2 aliphatic heterocycles. The predicted molar refractivity (Wildman–Crippen MR) is 233 cm³/mol. The van der Waals surface area contributed by atoms with E-state index in [0.717, 1.165) is 119 Å². The number of likely N-dealkylation sites (N-methyl/N-ethyl adjacent to an activating group) is 2. The lowest BCUT2D eigenvalue weighted by Crippen LogP contribution is -2.52. The van der Waals surface area contributed by atoms with E-state index in [1.807, 2.05) is 97.1 Å². The minimum atomic E-state index is -5.14. The average Bonchev–Trinajstić information content (AvgIpc) is 3.27. The number of carbonyl (C=O) groups excluding carboxylic acids is 2. The zero-order valence-electron chi connectivity index (χ0n) is 37.1. The number of benzene rings is 4. The lowest BCUT2D eigenvalue weighted by Gasteiger charge is -2.38. The summed E-state index contributed by atoms with van der Waals surface area (Å²) in [6.07, 6.45) is 1.46. The standard InChI is InChI=1S/2C24H32NO3.H3O4P/c2*1-5-18(17-25(6-2,7-3)8-4)27-24(26)23-19-13-9-11-15-21(19)28-22-16-12-10-14-20(22)23;1-5(2,3)4/h2*9-16,18,23H,5-8,17H2,1-4H3;(H3,1,2,3,4)/q2*+1;/p-2. The van der Waals surface area contributed by atoms with Crippen LogP contribution in [0.2, 0.25) is 0 Å². The quantitative estimate of drug-likeness (QED) is 0.0665. The fourth-order valence-electron chi connectivity index (χ4n) is 8.27. The Morgan fingerprint density at radius 2 is 0.770 bits per heavy atom. The third-order valence-electron chi connectivity index (χ3n) is 12.5. The summed E-state index contributed by atoms with van der Waals surface area (Å²) in [4.78, 5) is 51.0. The van der Waals surface area contributed by atoms with Gasteiger partial charge in [0.25, 0.3) is 0 Å². The summed E-state index contributed by atoms with van der Waals surface area (Å²) in [6.45, 7) is 25.5. The summed E-state index contributed by atoms with van der Waals surface area (Å²) in [5.41, 5.74) is 3.51. The second-order valence-electron chi connectivity index (χ2n) is 15.6. The lowest BCUT2D eigenvalue weighted by atomic mass is 9.88. The lowest BCUT2D eigenvalue weighted by molar-refractivity contribution is -0.925. The van der Waals surface area contributed by atoms with E-state index in [0.29, 0.717) is 0 Å². The van der Waals surface area contributed by atoms with Crippen LogP contribution in [0.15, 0.2) is 97.1 Å². The summed E-state index contributed by atoms with van der Waals surface area (Å²) in [5, 5.41) is 0. The Morgan fingerprint density at radius 3 is 0.984 bits per heavy atom. The molecule has 0 bridgehead atoms. The van der Waals surface area contributed by atoms with Gasteiger partial charge in [0.1, 0.15) is 47.9 Å². The maximum Gasteiger partial charge on any atom is 0.318 e. The molecule has 13 heteroatoms. The molecule has 0 fully saturated rings. The van der Waals surface area contributed by atoms with Crippen molar-refractivity contribution in [1.29, 1.82) is 0 Å². The van der Waals surface area contributed by atoms with Crippen LogP contribution < -0.4 is 19.3 Å². The Kier molecular flexibility index (Phi) is 18.1. The number of rotatable bonds is 16. The molecule has 2 atom stereocenters. The maximum atomic E-state index is 13.4. The summed E-state index contributed by atoms with van der Waals surface area (Å²) >= 11 is 0. The molecule has 4 aromatic rings. The van der Waals surface area contributed by atoms with E-state index in [-0.39, 0.29) is 24.1 Å². The molecule has 2 unspecified atom stereocenters. The molecule has 0 aliphatic carbocycles. The number of nitrogens with zero attached hydrogens (tertiary/aromatic N) is 2. The van der Waals surface area contributed by atoms with Gasteiger partial charge in [0.2, 0.25) is 0 Å². The van der Waals surface area contributed by atoms with Gasteiger partial charge in [-0.2, -0.15) is 0 Å². The van der Waals surface area contributed by atoms with Crippen LogP contribution in [0.25, 0.3) is 0 Å². The Hall–Kier alpha value is -4.55. The average molecular weight is 861 g/mol. The van der Waals surface area contributed by atoms with Crippen LogP contribution in [0.3, 0.4) is 0 Å². The van der Waals surface area contributed by atoms with Crippen LogP contribution in [0.5, 0.6) is 23.0 Å². The van der Waals surface area contributed by atoms with Gasteiger partial charge in [-0.05, 0) is 78.6 Å². The van der Waals surface area contributed by atoms with E-state index < -0.39 is 19.7 Å². The van der Waals surface area contributed by atoms with E-state index in [1.165, 1.54) is 0 Å². The van der Waals surface area contributed by atoms with Crippen molar-refractivity contribution in [3.63, 3.8) is 0 Å². The molecule has 332 valence electrons. The first kappa shape index (κ1) is 49.1. The number of para-hydroxylation sites is 4. The Morgan fingerprint density at radius 1 is 0.541 bits per heavy atom. The van der Waals surface area contributed by atoms with Crippen molar-refractivity contribution in [2.24, 2.45) is 0 Å². The number of hydrogen-bond donors (Lipinski definition) is 1. The third kappa shape index (κ3) is 12.8. The zero-order chi connectivity index (χ0) is 44.8. The number of esters is 2. The predicted octanol–water partition coefficient (Wildman–Crippen LogP) is 8.05. The van der Waals surface area contributed by atoms with Crippen molar-refractivity contribution in [1.82, 2.24) is 0 Å². The molecule has 2 aliphatic rings. The molecule has 0 aromatic heterocycles. The van der Waals surface area contributed by atoms with Gasteiger partial charge in [0.15, 0.2) is 12.2 Å². The van der Waals surface area contributed by atoms with Gasteiger partial charge in [-0.15, -0.1) is 0 Å². The van der Waals surface area contributed by atoms with Crippen LogP contribution in [-0.4, -0.2) is 90.4 Å². The number of fused-ring (bicyclic) bond motifs is 4. The van der Waals surface area contributed by atoms with E-state index in [9.17, 15) is 9.59 Å². The first-order chi connectivity index (χ1) is 29.1. The van der Waals surface area contributed by atoms with Crippen molar-refractivity contribution in [3.05, 3.63) is 119 Å². The summed E-state index contributed by atoms with van der Waals surface area (Å²) in [7, 11) is -5.14. The second kappa shape index (κ2) is 22.5. The number of quaternary nitrogens is 2. The highest BCUT2D eigenvalue weighted by atomic mass is 31.2. The maximum absolute atomic E-state index is 13.4. The van der Waals surface area contributed by atoms with Crippen LogP contribution >= 0.6 is 7.82 Å². The molecule has 6 rings (SSSR count). The van der Waals surface area contributed by atoms with Gasteiger partial charge >= 0.3 is 11.9 Å². The van der Waals surface area contributed by atoms with Crippen molar-refractivity contribution in [2.45, 2.75) is 92.3 Å². The smallest absolute Gasteiger partial charge is 0.318 e. The normalized spacial score (nSPS) is 14.3. The first-order valence-electron chi connectivity index (χ1n) is 21.7. The minimum absolute atomic E-state index is 0.0884. The molecule has 0 radical (unpaired) electrons. The first-order valence-corrected chi connectivity index (χ1v) is 23.2. The van der Waals surface area contributed by atoms with Gasteiger partial charge < -0.3 is 47.2 Å². The van der Waals surface area contributed by atoms with Crippen molar-refractivity contribution in [3.8, 4) is 23.0 Å². The van der Waals surface area contributed by atoms with Gasteiger partial charge in [-0.1, -0.05) is 86.6 Å². The van der Waals surface area contributed by atoms with E-state index in [2.05, 4.69) is 55.4 Å². The Bertz CT molecular complexity index is 1830. The highest BCUT2D eigenvalue weighted by molar-refractivity contribution is 7.42. The minimum Gasteiger partial charge on any atom is -0.790 e. The largest absolute Gasteiger partial charge is 0.790 e. The van der Waals surface area contributed by atoms with E-state index >= 15 is 0 Å². The van der Waals surface area contributed by atoms with E-state index in [4.69, 9.17) is 38.2 Å². The molecule has 0 spiro atoms. The summed E-state index contributed by atoms with van der Waals surface area (Å²) in [5.74, 6) is 1.68. The molecule has 61 heavy (non-hydrogen) atoms. The molecule has 1 N–H and O–H groups in total. The summed E-state index contributed by atoms with van der Waals surface area (Å²) in [6, 6.07) is 31.0. The van der Waals surface area contributed by atoms with Crippen LogP contribution in [0, 0.1) is 0 Å². The highest BCUT2D eigenvalue weighted by Gasteiger charge is 2.38. The molecule has 0 saturated heterocycles. The second-order valence-corrected chi connectivity index (χ2v) is 16.5. The van der Waals surface area contributed by atoms with Gasteiger partial charge in [0, 0.05) is 22.3 Å². The molecular weight excluding hydrogens is 796 g/mol. The Balaban J connectivity index is 0.000000242. The number of ether oxygens (including phenoxy) is 4. The highest BCUT2D eigenvalue weighted by Crippen LogP contribution is 2.46. The van der Waals surface area contributed by atoms with E-state index in [1.54, 1.807) is 0 Å². The van der Waals surface area contributed by atoms with Gasteiger partial charge in [0.05, 0.1) is 47.1 Å². The molecule has 4 aromatic carbocycles.